The number of aromatic nitrogens is 3. The smallest absolute Gasteiger partial charge is 0.213 e. The Bertz CT molecular complexity index is 777. The van der Waals surface area contributed by atoms with Crippen LogP contribution in [0.1, 0.15) is 11.3 Å². The minimum absolute atomic E-state index is 0.620. The van der Waals surface area contributed by atoms with Gasteiger partial charge in [0, 0.05) is 6.54 Å². The zero-order valence-corrected chi connectivity index (χ0v) is 11.2. The topological polar surface area (TPSA) is 68.9 Å². The van der Waals surface area contributed by atoms with E-state index in [4.69, 9.17) is 5.26 Å². The molecule has 2 aromatic heterocycles. The van der Waals surface area contributed by atoms with E-state index in [1.54, 1.807) is 12.1 Å². The number of fused-ring (bicyclic) bond motifs is 3. The van der Waals surface area contributed by atoms with Crippen molar-refractivity contribution in [3.63, 3.8) is 0 Å². The highest BCUT2D eigenvalue weighted by Gasteiger charge is 2.13. The summed E-state index contributed by atoms with van der Waals surface area (Å²) in [6.07, 6.45) is 0. The van der Waals surface area contributed by atoms with Gasteiger partial charge in [-0.1, -0.05) is 0 Å². The van der Waals surface area contributed by atoms with Crippen LogP contribution in [0.3, 0.4) is 0 Å². The minimum Gasteiger partial charge on any atom is -0.325 e. The van der Waals surface area contributed by atoms with Crippen molar-refractivity contribution in [1.82, 2.24) is 19.7 Å². The van der Waals surface area contributed by atoms with E-state index >= 15 is 0 Å². The molecule has 90 valence electrons. The molecular weight excluding hydrogens is 294 g/mol. The lowest BCUT2D eigenvalue weighted by Crippen LogP contribution is -2.05. The molecule has 3 aromatic rings. The Balaban J connectivity index is 2.31. The highest BCUT2D eigenvalue weighted by molar-refractivity contribution is 9.10. The molecule has 5 nitrogen and oxygen atoms in total. The lowest BCUT2D eigenvalue weighted by molar-refractivity contribution is 0.793. The van der Waals surface area contributed by atoms with Crippen LogP contribution >= 0.6 is 15.9 Å². The van der Waals surface area contributed by atoms with Gasteiger partial charge in [-0.05, 0) is 41.2 Å². The number of hydrogen-bond acceptors (Lipinski definition) is 3. The number of nitrogens with one attached hydrogen (secondary N) is 2. The van der Waals surface area contributed by atoms with Gasteiger partial charge >= 0.3 is 0 Å². The second-order valence-corrected chi connectivity index (χ2v) is 4.76. The first-order chi connectivity index (χ1) is 8.74. The molecule has 18 heavy (non-hydrogen) atoms. The van der Waals surface area contributed by atoms with Gasteiger partial charge in [0.2, 0.25) is 5.78 Å². The fourth-order valence-corrected chi connectivity index (χ4v) is 2.65. The molecule has 0 radical (unpaired) electrons. The standard InChI is InChI=1S/C12H10BrN5/c1-15-6-9-11(13)18-10-3-2-7(5-14)4-8(10)16-12(18)17-9/h2-4,15H,6H2,1H3,(H,16,17). The predicted octanol–water partition coefficient (Wildman–Crippen LogP) is 2.17. The third-order valence-corrected chi connectivity index (χ3v) is 3.68. The molecule has 0 saturated carbocycles. The monoisotopic (exact) mass is 303 g/mol. The predicted molar refractivity (Wildman–Crippen MR) is 72.2 cm³/mol. The van der Waals surface area contributed by atoms with E-state index < -0.39 is 0 Å². The van der Waals surface area contributed by atoms with Gasteiger partial charge in [-0.15, -0.1) is 0 Å². The molecule has 6 heteroatoms. The number of imidazole rings is 2. The van der Waals surface area contributed by atoms with Crippen LogP contribution in [0, 0.1) is 11.3 Å². The average Bonchev–Trinajstić information content (AvgIpc) is 2.87. The van der Waals surface area contributed by atoms with Crippen molar-refractivity contribution in [2.24, 2.45) is 0 Å². The Morgan fingerprint density at radius 3 is 3.11 bits per heavy atom. The summed E-state index contributed by atoms with van der Waals surface area (Å²) < 4.78 is 2.96. The average molecular weight is 304 g/mol. The zero-order chi connectivity index (χ0) is 12.7. The quantitative estimate of drug-likeness (QED) is 0.762. The lowest BCUT2D eigenvalue weighted by atomic mass is 10.2. The molecule has 0 aliphatic rings. The summed E-state index contributed by atoms with van der Waals surface area (Å²) in [4.78, 5) is 7.74. The molecule has 3 rings (SSSR count). The first-order valence-electron chi connectivity index (χ1n) is 5.48. The van der Waals surface area contributed by atoms with Crippen LogP contribution in [0.2, 0.25) is 0 Å². The van der Waals surface area contributed by atoms with E-state index in [9.17, 15) is 0 Å². The number of benzene rings is 1. The normalized spacial score (nSPS) is 11.2. The van der Waals surface area contributed by atoms with Crippen LogP contribution in [0.25, 0.3) is 16.8 Å². The number of H-pyrrole nitrogens is 1. The van der Waals surface area contributed by atoms with E-state index in [0.717, 1.165) is 33.7 Å². The highest BCUT2D eigenvalue weighted by Crippen LogP contribution is 2.25. The van der Waals surface area contributed by atoms with Crippen molar-refractivity contribution in [2.45, 2.75) is 6.54 Å². The first kappa shape index (κ1) is 11.3. The van der Waals surface area contributed by atoms with Crippen LogP contribution in [0.5, 0.6) is 0 Å². The molecule has 0 amide bonds. The number of hydrogen-bond donors (Lipinski definition) is 2. The maximum Gasteiger partial charge on any atom is 0.213 e. The van der Waals surface area contributed by atoms with Crippen LogP contribution < -0.4 is 5.32 Å². The Labute approximate surface area is 112 Å². The van der Waals surface area contributed by atoms with Crippen molar-refractivity contribution in [3.8, 4) is 6.07 Å². The fraction of sp³-hybridized carbons (Fsp3) is 0.167. The Morgan fingerprint density at radius 1 is 1.56 bits per heavy atom. The summed E-state index contributed by atoms with van der Waals surface area (Å²) in [5, 5.41) is 12.0. The molecule has 0 aliphatic carbocycles. The van der Waals surface area contributed by atoms with Crippen LogP contribution in [-0.4, -0.2) is 21.4 Å². The zero-order valence-electron chi connectivity index (χ0n) is 9.66. The number of halogens is 1. The summed E-state index contributed by atoms with van der Waals surface area (Å²) in [6, 6.07) is 7.62. The SMILES string of the molecule is CNCc1[nH]c2nc3cc(C#N)ccc3n2c1Br. The largest absolute Gasteiger partial charge is 0.325 e. The molecule has 0 unspecified atom stereocenters. The molecule has 0 saturated heterocycles. The molecule has 1 aromatic carbocycles. The summed E-state index contributed by atoms with van der Waals surface area (Å²) in [5.41, 5.74) is 3.47. The lowest BCUT2D eigenvalue weighted by Gasteiger charge is -1.97. The van der Waals surface area contributed by atoms with Crippen LogP contribution in [0.15, 0.2) is 22.8 Å². The van der Waals surface area contributed by atoms with Gasteiger partial charge in [0.1, 0.15) is 4.60 Å². The van der Waals surface area contributed by atoms with E-state index in [2.05, 4.69) is 37.3 Å². The number of rotatable bonds is 2. The Morgan fingerprint density at radius 2 is 2.39 bits per heavy atom. The van der Waals surface area contributed by atoms with Crippen molar-refractivity contribution >= 4 is 32.7 Å². The third kappa shape index (κ3) is 1.52. The number of nitrogens with zero attached hydrogens (tertiary/aromatic N) is 3. The molecule has 0 fully saturated rings. The van der Waals surface area contributed by atoms with E-state index in [1.165, 1.54) is 0 Å². The third-order valence-electron chi connectivity index (χ3n) is 2.85. The molecular formula is C12H10BrN5. The van der Waals surface area contributed by atoms with Gasteiger partial charge in [0.25, 0.3) is 0 Å². The molecule has 0 bridgehead atoms. The van der Waals surface area contributed by atoms with Gasteiger partial charge in [-0.3, -0.25) is 4.40 Å². The second kappa shape index (κ2) is 4.12. The van der Waals surface area contributed by atoms with Gasteiger partial charge in [-0.2, -0.15) is 5.26 Å². The second-order valence-electron chi connectivity index (χ2n) is 4.01. The van der Waals surface area contributed by atoms with Crippen molar-refractivity contribution < 1.29 is 0 Å². The van der Waals surface area contributed by atoms with Gasteiger partial charge < -0.3 is 10.3 Å². The highest BCUT2D eigenvalue weighted by atomic mass is 79.9. The van der Waals surface area contributed by atoms with Crippen molar-refractivity contribution in [3.05, 3.63) is 34.1 Å². The van der Waals surface area contributed by atoms with E-state index in [1.807, 2.05) is 17.5 Å². The molecule has 2 N–H and O–H groups in total. The fourth-order valence-electron chi connectivity index (χ4n) is 2.05. The molecule has 2 heterocycles. The van der Waals surface area contributed by atoms with Crippen LogP contribution in [0.4, 0.5) is 0 Å². The summed E-state index contributed by atoms with van der Waals surface area (Å²) >= 11 is 3.58. The van der Waals surface area contributed by atoms with Gasteiger partial charge in [0.05, 0.1) is 28.4 Å². The summed E-state index contributed by atoms with van der Waals surface area (Å²) in [6.45, 7) is 0.738. The van der Waals surface area contributed by atoms with E-state index in [-0.39, 0.29) is 0 Å². The van der Waals surface area contributed by atoms with Crippen molar-refractivity contribution in [1.29, 1.82) is 5.26 Å². The Kier molecular flexibility index (Phi) is 2.58. The maximum atomic E-state index is 8.88. The first-order valence-corrected chi connectivity index (χ1v) is 6.27. The maximum absolute atomic E-state index is 8.88. The summed E-state index contributed by atoms with van der Waals surface area (Å²) in [5.74, 6) is 0.775. The van der Waals surface area contributed by atoms with Crippen LogP contribution in [-0.2, 0) is 6.54 Å². The number of aromatic amines is 1. The Hall–Kier alpha value is -1.84. The molecule has 0 spiro atoms. The van der Waals surface area contributed by atoms with Gasteiger partial charge in [0.15, 0.2) is 0 Å². The minimum atomic E-state index is 0.620. The molecule has 0 aliphatic heterocycles. The van der Waals surface area contributed by atoms with Gasteiger partial charge in [-0.25, -0.2) is 4.98 Å². The summed E-state index contributed by atoms with van der Waals surface area (Å²) in [7, 11) is 1.90. The number of nitriles is 1. The molecule has 0 atom stereocenters. The van der Waals surface area contributed by atoms with Crippen molar-refractivity contribution in [2.75, 3.05) is 7.05 Å². The van der Waals surface area contributed by atoms with E-state index in [0.29, 0.717) is 5.56 Å².